The molecule has 0 aliphatic rings. The summed E-state index contributed by atoms with van der Waals surface area (Å²) >= 11 is 7.94. The fraction of sp³-hybridized carbons (Fsp3) is 0.200. The van der Waals surface area contributed by atoms with Crippen LogP contribution in [-0.4, -0.2) is 6.26 Å². The maximum atomic E-state index is 6.19. The average molecular weight is 278 g/mol. The predicted molar refractivity (Wildman–Crippen MR) is 81.7 cm³/mol. The van der Waals surface area contributed by atoms with E-state index in [1.165, 1.54) is 4.90 Å². The van der Waals surface area contributed by atoms with Crippen LogP contribution in [0.2, 0.25) is 5.02 Å². The van der Waals surface area contributed by atoms with E-state index in [2.05, 4.69) is 48.8 Å². The van der Waals surface area contributed by atoms with Crippen molar-refractivity contribution >= 4 is 29.1 Å². The van der Waals surface area contributed by atoms with Crippen molar-refractivity contribution in [3.63, 3.8) is 0 Å². The Balaban J connectivity index is 2.11. The molecule has 0 radical (unpaired) electrons. The van der Waals surface area contributed by atoms with Crippen molar-refractivity contribution in [2.75, 3.05) is 11.6 Å². The zero-order valence-corrected chi connectivity index (χ0v) is 12.1. The molecule has 94 valence electrons. The first-order chi connectivity index (χ1) is 8.70. The first-order valence-corrected chi connectivity index (χ1v) is 7.46. The minimum atomic E-state index is 0.193. The van der Waals surface area contributed by atoms with E-state index >= 15 is 0 Å². The normalized spacial score (nSPS) is 12.2. The van der Waals surface area contributed by atoms with Gasteiger partial charge in [0.15, 0.2) is 0 Å². The lowest BCUT2D eigenvalue weighted by atomic mass is 10.1. The molecule has 1 N–H and O–H groups in total. The number of benzene rings is 2. The Hall–Kier alpha value is -1.12. The topological polar surface area (TPSA) is 12.0 Å². The minimum Gasteiger partial charge on any atom is -0.378 e. The minimum absolute atomic E-state index is 0.193. The molecule has 0 fully saturated rings. The molecule has 18 heavy (non-hydrogen) atoms. The van der Waals surface area contributed by atoms with Crippen LogP contribution in [0.3, 0.4) is 0 Å². The number of anilines is 1. The van der Waals surface area contributed by atoms with Gasteiger partial charge in [0.25, 0.3) is 0 Å². The SMILES string of the molecule is CSc1ccc(NC(C)c2ccccc2Cl)cc1. The Kier molecular flexibility index (Phi) is 4.56. The standard InChI is InChI=1S/C15H16ClNS/c1-11(14-5-3-4-6-15(14)16)17-12-7-9-13(18-2)10-8-12/h3-11,17H,1-2H3. The molecule has 0 aromatic heterocycles. The third-order valence-corrected chi connectivity index (χ3v) is 3.93. The summed E-state index contributed by atoms with van der Waals surface area (Å²) in [5.74, 6) is 0. The Morgan fingerprint density at radius 1 is 1.06 bits per heavy atom. The number of nitrogens with one attached hydrogen (secondary N) is 1. The van der Waals surface area contributed by atoms with Gasteiger partial charge in [-0.2, -0.15) is 0 Å². The summed E-state index contributed by atoms with van der Waals surface area (Å²) < 4.78 is 0. The van der Waals surface area contributed by atoms with Gasteiger partial charge in [-0.3, -0.25) is 0 Å². The van der Waals surface area contributed by atoms with E-state index in [9.17, 15) is 0 Å². The van der Waals surface area contributed by atoms with Crippen LogP contribution in [0, 0.1) is 0 Å². The van der Waals surface area contributed by atoms with E-state index in [1.807, 2.05) is 18.2 Å². The first kappa shape index (κ1) is 13.3. The Morgan fingerprint density at radius 2 is 1.72 bits per heavy atom. The van der Waals surface area contributed by atoms with Crippen molar-refractivity contribution < 1.29 is 0 Å². The molecule has 0 saturated carbocycles. The molecule has 1 unspecified atom stereocenters. The quantitative estimate of drug-likeness (QED) is 0.768. The molecule has 2 rings (SSSR count). The number of halogens is 1. The van der Waals surface area contributed by atoms with Crippen LogP contribution in [0.5, 0.6) is 0 Å². The van der Waals surface area contributed by atoms with Gasteiger partial charge in [0.1, 0.15) is 0 Å². The number of rotatable bonds is 4. The highest BCUT2D eigenvalue weighted by atomic mass is 35.5. The summed E-state index contributed by atoms with van der Waals surface area (Å²) in [5.41, 5.74) is 2.23. The zero-order chi connectivity index (χ0) is 13.0. The highest BCUT2D eigenvalue weighted by Gasteiger charge is 2.08. The summed E-state index contributed by atoms with van der Waals surface area (Å²) in [7, 11) is 0. The second kappa shape index (κ2) is 6.17. The third kappa shape index (κ3) is 3.21. The van der Waals surface area contributed by atoms with Crippen molar-refractivity contribution in [2.45, 2.75) is 17.9 Å². The lowest BCUT2D eigenvalue weighted by Gasteiger charge is -2.17. The molecule has 2 aromatic rings. The lowest BCUT2D eigenvalue weighted by Crippen LogP contribution is -2.06. The molecule has 0 saturated heterocycles. The molecular weight excluding hydrogens is 262 g/mol. The van der Waals surface area contributed by atoms with E-state index in [1.54, 1.807) is 11.8 Å². The highest BCUT2D eigenvalue weighted by Crippen LogP contribution is 2.26. The fourth-order valence-corrected chi connectivity index (χ4v) is 2.55. The fourth-order valence-electron chi connectivity index (χ4n) is 1.84. The van der Waals surface area contributed by atoms with Crippen LogP contribution < -0.4 is 5.32 Å². The van der Waals surface area contributed by atoms with Gasteiger partial charge in [-0.15, -0.1) is 11.8 Å². The number of thioether (sulfide) groups is 1. The zero-order valence-electron chi connectivity index (χ0n) is 10.5. The van der Waals surface area contributed by atoms with Crippen LogP contribution in [-0.2, 0) is 0 Å². The predicted octanol–water partition coefficient (Wildman–Crippen LogP) is 5.24. The molecule has 0 bridgehead atoms. The van der Waals surface area contributed by atoms with Gasteiger partial charge in [-0.05, 0) is 49.1 Å². The van der Waals surface area contributed by atoms with Crippen LogP contribution in [0.15, 0.2) is 53.4 Å². The van der Waals surface area contributed by atoms with Gasteiger partial charge in [0, 0.05) is 21.6 Å². The van der Waals surface area contributed by atoms with Gasteiger partial charge >= 0.3 is 0 Å². The molecule has 0 amide bonds. The number of hydrogen-bond donors (Lipinski definition) is 1. The average Bonchev–Trinajstić information content (AvgIpc) is 2.40. The maximum Gasteiger partial charge on any atom is 0.0500 e. The van der Waals surface area contributed by atoms with Crippen molar-refractivity contribution in [1.29, 1.82) is 0 Å². The van der Waals surface area contributed by atoms with E-state index < -0.39 is 0 Å². The molecular formula is C15H16ClNS. The molecule has 0 heterocycles. The van der Waals surface area contributed by atoms with Crippen LogP contribution in [0.1, 0.15) is 18.5 Å². The maximum absolute atomic E-state index is 6.19. The van der Waals surface area contributed by atoms with Gasteiger partial charge in [-0.1, -0.05) is 29.8 Å². The van der Waals surface area contributed by atoms with Crippen molar-refractivity contribution in [3.8, 4) is 0 Å². The molecule has 3 heteroatoms. The summed E-state index contributed by atoms with van der Waals surface area (Å²) in [6, 6.07) is 16.6. The highest BCUT2D eigenvalue weighted by molar-refractivity contribution is 7.98. The second-order valence-electron chi connectivity index (χ2n) is 4.12. The summed E-state index contributed by atoms with van der Waals surface area (Å²) in [5, 5.41) is 4.26. The monoisotopic (exact) mass is 277 g/mol. The summed E-state index contributed by atoms with van der Waals surface area (Å²) in [6.45, 7) is 2.11. The van der Waals surface area contributed by atoms with Crippen LogP contribution in [0.4, 0.5) is 5.69 Å². The Bertz CT molecular complexity index is 510. The van der Waals surface area contributed by atoms with Gasteiger partial charge in [0.2, 0.25) is 0 Å². The van der Waals surface area contributed by atoms with Crippen molar-refractivity contribution in [2.24, 2.45) is 0 Å². The first-order valence-electron chi connectivity index (χ1n) is 5.85. The molecule has 0 spiro atoms. The summed E-state index contributed by atoms with van der Waals surface area (Å²) in [6.07, 6.45) is 2.08. The van der Waals surface area contributed by atoms with Gasteiger partial charge in [-0.25, -0.2) is 0 Å². The third-order valence-electron chi connectivity index (χ3n) is 2.84. The van der Waals surface area contributed by atoms with E-state index in [-0.39, 0.29) is 6.04 Å². The van der Waals surface area contributed by atoms with Crippen LogP contribution in [0.25, 0.3) is 0 Å². The van der Waals surface area contributed by atoms with Gasteiger partial charge in [0.05, 0.1) is 0 Å². The smallest absolute Gasteiger partial charge is 0.0500 e. The van der Waals surface area contributed by atoms with Gasteiger partial charge < -0.3 is 5.32 Å². The van der Waals surface area contributed by atoms with Crippen molar-refractivity contribution in [1.82, 2.24) is 0 Å². The Labute approximate surface area is 118 Å². The molecule has 1 atom stereocenters. The molecule has 0 aliphatic heterocycles. The number of hydrogen-bond acceptors (Lipinski definition) is 2. The van der Waals surface area contributed by atoms with E-state index in [0.29, 0.717) is 0 Å². The molecule has 2 aromatic carbocycles. The molecule has 0 aliphatic carbocycles. The van der Waals surface area contributed by atoms with Crippen LogP contribution >= 0.6 is 23.4 Å². The molecule has 1 nitrogen and oxygen atoms in total. The summed E-state index contributed by atoms with van der Waals surface area (Å²) in [4.78, 5) is 1.27. The Morgan fingerprint density at radius 3 is 2.33 bits per heavy atom. The largest absolute Gasteiger partial charge is 0.378 e. The lowest BCUT2D eigenvalue weighted by molar-refractivity contribution is 0.885. The van der Waals surface area contributed by atoms with Crippen molar-refractivity contribution in [3.05, 3.63) is 59.1 Å². The second-order valence-corrected chi connectivity index (χ2v) is 5.40. The van der Waals surface area contributed by atoms with E-state index in [0.717, 1.165) is 16.3 Å². The van der Waals surface area contributed by atoms with E-state index in [4.69, 9.17) is 11.6 Å².